The standard InChI is InChI=1S/C28H34N6O2S.C25H26Cl2N6OS/c1-2-17-37-28-24-26(29-20-30-27(24)33(34(28)35)18-23-19-36-23)32-15-13-31(14-16-32)25(21-9-5-3-6-10-21)22-11-7-4-8-12-22;26-19-5-1-17(2-6-19)23(18-3-7-20(27)8-4-18)33-11-9-32(10-12-33)14-21(34)15-35-25-22-13-30-31-24(22)28-16-29-25/h3-12,20,23,25,28,35H,2,13-19H2,1H3;1-8,13,16,21,23,34H,9-12,14-15H2,(H,28,29,30,31). The van der Waals surface area contributed by atoms with E-state index in [-0.39, 0.29) is 23.6 Å². The number of benzene rings is 4. The zero-order valence-corrected chi connectivity index (χ0v) is 43.3. The fourth-order valence-electron chi connectivity index (χ4n) is 9.88. The van der Waals surface area contributed by atoms with Crippen molar-refractivity contribution in [1.82, 2.24) is 50.0 Å². The van der Waals surface area contributed by atoms with Crippen LogP contribution in [0.5, 0.6) is 0 Å². The number of anilines is 2. The highest BCUT2D eigenvalue weighted by molar-refractivity contribution is 7.99. The van der Waals surface area contributed by atoms with Gasteiger partial charge in [0.15, 0.2) is 11.5 Å². The van der Waals surface area contributed by atoms with E-state index in [1.165, 1.54) is 45.5 Å². The number of nitrogens with one attached hydrogen (secondary N) is 1. The minimum atomic E-state index is -0.452. The molecule has 3 N–H and O–H groups in total. The van der Waals surface area contributed by atoms with Gasteiger partial charge >= 0.3 is 0 Å². The zero-order valence-electron chi connectivity index (χ0n) is 40.2. The minimum absolute atomic E-state index is 0.127. The van der Waals surface area contributed by atoms with E-state index in [0.717, 1.165) is 109 Å². The van der Waals surface area contributed by atoms with E-state index < -0.39 is 6.10 Å². The number of thioether (sulfide) groups is 2. The minimum Gasteiger partial charge on any atom is -0.391 e. The summed E-state index contributed by atoms with van der Waals surface area (Å²) in [6.07, 6.45) is 5.61. The summed E-state index contributed by atoms with van der Waals surface area (Å²) in [6, 6.07) is 38.1. The lowest BCUT2D eigenvalue weighted by atomic mass is 9.96. The molecule has 11 rings (SSSR count). The maximum Gasteiger partial charge on any atom is 0.159 e. The number of nitrogens with zero attached hydrogens (tertiary/aromatic N) is 11. The van der Waals surface area contributed by atoms with Crippen molar-refractivity contribution < 1.29 is 15.1 Å². The Hall–Kier alpha value is -4.89. The van der Waals surface area contributed by atoms with Crippen LogP contribution in [0.25, 0.3) is 11.0 Å². The van der Waals surface area contributed by atoms with Crippen molar-refractivity contribution in [1.29, 1.82) is 0 Å². The SMILES string of the molecule is CCCSC1c2c(N3CCN(C(c4ccccc4)c4ccccc4)CC3)ncnc2N(CC2CO2)N1O.OC(CSc1ncnc2[nH]ncc12)CN1CCN(C(c2ccc(Cl)cc2)c2ccc(Cl)cc2)CC1. The molecule has 4 aliphatic heterocycles. The highest BCUT2D eigenvalue weighted by Gasteiger charge is 2.44. The summed E-state index contributed by atoms with van der Waals surface area (Å²) < 4.78 is 5.46. The van der Waals surface area contributed by atoms with Gasteiger partial charge in [-0.05, 0) is 58.7 Å². The van der Waals surface area contributed by atoms with Crippen molar-refractivity contribution in [3.63, 3.8) is 0 Å². The average Bonchev–Trinajstić information content (AvgIpc) is 4.04. The molecular formula is C53H60Cl2N12O3S2. The van der Waals surface area contributed by atoms with Gasteiger partial charge < -0.3 is 14.7 Å². The Morgan fingerprint density at radius 3 is 1.85 bits per heavy atom. The molecule has 3 atom stereocenters. The fourth-order valence-corrected chi connectivity index (χ4v) is 12.1. The number of epoxide rings is 1. The molecular weight excluding hydrogens is 988 g/mol. The first-order valence-corrected chi connectivity index (χ1v) is 27.4. The van der Waals surface area contributed by atoms with Crippen LogP contribution in [-0.2, 0) is 4.74 Å². The van der Waals surface area contributed by atoms with Crippen LogP contribution in [0.2, 0.25) is 10.0 Å². The largest absolute Gasteiger partial charge is 0.391 e. The third-order valence-corrected chi connectivity index (χ3v) is 16.5. The molecule has 4 aromatic carbocycles. The molecule has 0 bridgehead atoms. The Labute approximate surface area is 439 Å². The van der Waals surface area contributed by atoms with E-state index in [2.05, 4.69) is 137 Å². The third-order valence-electron chi connectivity index (χ3n) is 13.5. The first-order chi connectivity index (χ1) is 35.3. The van der Waals surface area contributed by atoms with E-state index >= 15 is 0 Å². The summed E-state index contributed by atoms with van der Waals surface area (Å²) in [5.41, 5.74) is 6.77. The molecule has 7 heterocycles. The summed E-state index contributed by atoms with van der Waals surface area (Å²) in [5.74, 6) is 3.25. The normalized spacial score (nSPS) is 19.2. The zero-order chi connectivity index (χ0) is 49.4. The number of hydroxylamine groups is 1. The van der Waals surface area contributed by atoms with Gasteiger partial charge in [-0.25, -0.2) is 19.9 Å². The number of hydrazine groups is 1. The highest BCUT2D eigenvalue weighted by Crippen LogP contribution is 2.48. The second-order valence-corrected chi connectivity index (χ2v) is 21.5. The number of β-amino-alcohol motifs (C(OH)–C–C–N with tert-alkyl or cyclic N) is 1. The predicted octanol–water partition coefficient (Wildman–Crippen LogP) is 8.87. The van der Waals surface area contributed by atoms with Crippen LogP contribution < -0.4 is 9.91 Å². The summed E-state index contributed by atoms with van der Waals surface area (Å²) in [7, 11) is 0. The van der Waals surface area contributed by atoms with Crippen molar-refractivity contribution in [3.8, 4) is 0 Å². The second-order valence-electron chi connectivity index (χ2n) is 18.4. The number of aromatic amines is 1. The lowest BCUT2D eigenvalue weighted by molar-refractivity contribution is -0.105. The predicted molar refractivity (Wildman–Crippen MR) is 288 cm³/mol. The van der Waals surface area contributed by atoms with E-state index in [4.69, 9.17) is 32.9 Å². The average molecular weight is 1050 g/mol. The van der Waals surface area contributed by atoms with E-state index in [9.17, 15) is 10.3 Å². The van der Waals surface area contributed by atoms with Gasteiger partial charge in [0.25, 0.3) is 0 Å². The molecule has 7 aromatic rings. The van der Waals surface area contributed by atoms with Crippen molar-refractivity contribution in [2.75, 3.05) is 93.5 Å². The Morgan fingerprint density at radius 2 is 1.26 bits per heavy atom. The quantitative estimate of drug-likeness (QED) is 0.0452. The summed E-state index contributed by atoms with van der Waals surface area (Å²) in [5, 5.41) is 34.9. The van der Waals surface area contributed by atoms with Gasteiger partial charge in [-0.2, -0.15) is 5.10 Å². The van der Waals surface area contributed by atoms with Crippen LogP contribution >= 0.6 is 46.7 Å². The monoisotopic (exact) mass is 1050 g/mol. The van der Waals surface area contributed by atoms with Crippen LogP contribution in [0.15, 0.2) is 133 Å². The number of piperazine rings is 2. The van der Waals surface area contributed by atoms with Crippen molar-refractivity contribution in [2.24, 2.45) is 0 Å². The molecule has 0 radical (unpaired) electrons. The first kappa shape index (κ1) is 50.6. The van der Waals surface area contributed by atoms with E-state index in [0.29, 0.717) is 24.5 Å². The number of fused-ring (bicyclic) bond motifs is 2. The molecule has 0 saturated carbocycles. The summed E-state index contributed by atoms with van der Waals surface area (Å²) in [4.78, 5) is 27.6. The number of aromatic nitrogens is 6. The van der Waals surface area contributed by atoms with Gasteiger partial charge in [0.1, 0.15) is 35.0 Å². The molecule has 72 heavy (non-hydrogen) atoms. The number of hydrogen-bond donors (Lipinski definition) is 3. The Kier molecular flexibility index (Phi) is 16.9. The first-order valence-electron chi connectivity index (χ1n) is 24.7. The van der Waals surface area contributed by atoms with Crippen LogP contribution in [0.4, 0.5) is 11.6 Å². The molecule has 4 aliphatic rings. The number of rotatable bonds is 17. The van der Waals surface area contributed by atoms with Gasteiger partial charge in [0.05, 0.1) is 48.5 Å². The Morgan fingerprint density at radius 1 is 0.708 bits per heavy atom. The fraction of sp³-hybridized carbons (Fsp3) is 0.377. The number of H-pyrrole nitrogens is 1. The lowest BCUT2D eigenvalue weighted by Crippen LogP contribution is -2.49. The number of aliphatic hydroxyl groups is 1. The third kappa shape index (κ3) is 12.0. The molecule has 15 nitrogen and oxygen atoms in total. The van der Waals surface area contributed by atoms with Crippen molar-refractivity contribution in [2.45, 2.75) is 48.0 Å². The topological polar surface area (TPSA) is 153 Å². The molecule has 19 heteroatoms. The molecule has 3 fully saturated rings. The van der Waals surface area contributed by atoms with Gasteiger partial charge in [-0.3, -0.25) is 30.0 Å². The molecule has 3 saturated heterocycles. The number of aliphatic hydroxyl groups excluding tert-OH is 1. The summed E-state index contributed by atoms with van der Waals surface area (Å²) in [6.45, 7) is 11.3. The van der Waals surface area contributed by atoms with Crippen LogP contribution in [0.3, 0.4) is 0 Å². The van der Waals surface area contributed by atoms with Crippen LogP contribution in [0.1, 0.15) is 58.6 Å². The number of halogens is 2. The molecule has 0 spiro atoms. The van der Waals surface area contributed by atoms with Crippen LogP contribution in [0, 0.1) is 0 Å². The number of ether oxygens (including phenoxy) is 1. The van der Waals surface area contributed by atoms with Gasteiger partial charge in [-0.15, -0.1) is 23.5 Å². The molecule has 3 unspecified atom stereocenters. The van der Waals surface area contributed by atoms with Gasteiger partial charge in [0.2, 0.25) is 0 Å². The van der Waals surface area contributed by atoms with Gasteiger partial charge in [-0.1, -0.05) is 120 Å². The maximum absolute atomic E-state index is 11.2. The molecule has 0 aliphatic carbocycles. The van der Waals surface area contributed by atoms with Crippen molar-refractivity contribution >= 4 is 69.4 Å². The number of hydrogen-bond acceptors (Lipinski definition) is 16. The lowest BCUT2D eigenvalue weighted by Gasteiger charge is -2.40. The Balaban J connectivity index is 0.000000166. The second kappa shape index (κ2) is 24.0. The maximum atomic E-state index is 11.2. The smallest absolute Gasteiger partial charge is 0.159 e. The van der Waals surface area contributed by atoms with E-state index in [1.54, 1.807) is 24.3 Å². The molecule has 0 amide bonds. The van der Waals surface area contributed by atoms with Crippen molar-refractivity contribution in [3.05, 3.63) is 166 Å². The molecule has 376 valence electrons. The van der Waals surface area contributed by atoms with Crippen LogP contribution in [-0.4, -0.2) is 156 Å². The molecule has 3 aromatic heterocycles. The van der Waals surface area contributed by atoms with E-state index in [1.807, 2.05) is 29.3 Å². The Bertz CT molecular complexity index is 2720. The van der Waals surface area contributed by atoms with Gasteiger partial charge in [0, 0.05) is 74.7 Å². The summed E-state index contributed by atoms with van der Waals surface area (Å²) >= 11 is 15.6. The highest BCUT2D eigenvalue weighted by atomic mass is 35.5.